The summed E-state index contributed by atoms with van der Waals surface area (Å²) >= 11 is 0. The second-order valence-corrected chi connectivity index (χ2v) is 7.67. The van der Waals surface area contributed by atoms with Crippen LogP contribution in [-0.4, -0.2) is 28.7 Å². The molecule has 0 aromatic heterocycles. The van der Waals surface area contributed by atoms with Crippen molar-refractivity contribution < 1.29 is 24.3 Å². The summed E-state index contributed by atoms with van der Waals surface area (Å²) < 4.78 is 0. The Balaban J connectivity index is 1.76. The standard InChI is InChI=1S/C18H17NO5/c1-17-7-11(20)18(2,8-17)13-12(17)14(21)19(15(13)22)10-5-3-9(4-6-10)16(23)24/h3-6,12-13H,7-8H2,1-2H3,(H,23,24)/t12-,13-,17-,18-/m1/s1. The van der Waals surface area contributed by atoms with Gasteiger partial charge in [-0.1, -0.05) is 13.8 Å². The molecule has 1 aromatic carbocycles. The number of hydrogen-bond donors (Lipinski definition) is 1. The van der Waals surface area contributed by atoms with E-state index in [1.165, 1.54) is 24.3 Å². The van der Waals surface area contributed by atoms with E-state index in [0.717, 1.165) is 4.90 Å². The summed E-state index contributed by atoms with van der Waals surface area (Å²) in [4.78, 5) is 50.3. The summed E-state index contributed by atoms with van der Waals surface area (Å²) in [5, 5.41) is 8.97. The van der Waals surface area contributed by atoms with Gasteiger partial charge in [0.2, 0.25) is 11.8 Å². The Labute approximate surface area is 138 Å². The van der Waals surface area contributed by atoms with E-state index in [1.54, 1.807) is 6.92 Å². The van der Waals surface area contributed by atoms with E-state index in [9.17, 15) is 19.2 Å². The quantitative estimate of drug-likeness (QED) is 0.837. The monoisotopic (exact) mass is 327 g/mol. The van der Waals surface area contributed by atoms with Crippen LogP contribution >= 0.6 is 0 Å². The maximum Gasteiger partial charge on any atom is 0.335 e. The van der Waals surface area contributed by atoms with Crippen molar-refractivity contribution in [1.82, 2.24) is 0 Å². The molecule has 4 atom stereocenters. The van der Waals surface area contributed by atoms with Crippen LogP contribution < -0.4 is 4.90 Å². The van der Waals surface area contributed by atoms with Gasteiger partial charge in [0.1, 0.15) is 5.78 Å². The molecule has 0 spiro atoms. The van der Waals surface area contributed by atoms with Crippen molar-refractivity contribution in [1.29, 1.82) is 0 Å². The van der Waals surface area contributed by atoms with Crippen molar-refractivity contribution in [2.75, 3.05) is 4.90 Å². The number of benzene rings is 1. The van der Waals surface area contributed by atoms with Crippen molar-refractivity contribution in [2.24, 2.45) is 22.7 Å². The van der Waals surface area contributed by atoms with Gasteiger partial charge < -0.3 is 5.11 Å². The highest BCUT2D eigenvalue weighted by Gasteiger charge is 2.74. The third-order valence-electron chi connectivity index (χ3n) is 6.09. The topological polar surface area (TPSA) is 91.8 Å². The fourth-order valence-corrected chi connectivity index (χ4v) is 5.09. The lowest BCUT2D eigenvalue weighted by Gasteiger charge is -2.30. The number of hydrogen-bond acceptors (Lipinski definition) is 4. The summed E-state index contributed by atoms with van der Waals surface area (Å²) in [6, 6.07) is 5.68. The van der Waals surface area contributed by atoms with Gasteiger partial charge in [0.25, 0.3) is 0 Å². The normalized spacial score (nSPS) is 37.2. The van der Waals surface area contributed by atoms with Gasteiger partial charge in [0.15, 0.2) is 0 Å². The van der Waals surface area contributed by atoms with E-state index in [2.05, 4.69) is 0 Å². The van der Waals surface area contributed by atoms with Crippen molar-refractivity contribution in [3.05, 3.63) is 29.8 Å². The molecule has 4 rings (SSSR count). The summed E-state index contributed by atoms with van der Waals surface area (Å²) in [5.41, 5.74) is -0.767. The molecule has 1 N–H and O–H groups in total. The van der Waals surface area contributed by atoms with Crippen molar-refractivity contribution >= 4 is 29.3 Å². The molecule has 2 bridgehead atoms. The van der Waals surface area contributed by atoms with Gasteiger partial charge in [0.05, 0.1) is 23.1 Å². The molecule has 2 aliphatic carbocycles. The fraction of sp³-hybridized carbons (Fsp3) is 0.444. The summed E-state index contributed by atoms with van der Waals surface area (Å²) in [7, 11) is 0. The zero-order chi connectivity index (χ0) is 17.4. The Bertz CT molecular complexity index is 813. The maximum absolute atomic E-state index is 12.9. The highest BCUT2D eigenvalue weighted by Crippen LogP contribution is 2.67. The molecule has 0 unspecified atom stereocenters. The van der Waals surface area contributed by atoms with E-state index in [-0.39, 0.29) is 23.2 Å². The number of ketones is 1. The molecule has 2 saturated carbocycles. The number of carboxylic acids is 1. The molecule has 1 saturated heterocycles. The largest absolute Gasteiger partial charge is 0.478 e. The minimum Gasteiger partial charge on any atom is -0.478 e. The SMILES string of the molecule is C[C@@]12CC(=O)[C@@](C)(C1)[C@H]1C(=O)N(c3ccc(C(=O)O)cc3)C(=O)[C@@H]12. The van der Waals surface area contributed by atoms with Crippen molar-refractivity contribution in [3.8, 4) is 0 Å². The number of carbonyl (C=O) groups excluding carboxylic acids is 3. The van der Waals surface area contributed by atoms with Crippen molar-refractivity contribution in [2.45, 2.75) is 26.7 Å². The van der Waals surface area contributed by atoms with E-state index in [1.807, 2.05) is 6.92 Å². The average Bonchev–Trinajstić information content (AvgIpc) is 3.01. The predicted molar refractivity (Wildman–Crippen MR) is 83.3 cm³/mol. The Hall–Kier alpha value is -2.50. The molecule has 24 heavy (non-hydrogen) atoms. The summed E-state index contributed by atoms with van der Waals surface area (Å²) in [6.45, 7) is 3.72. The van der Waals surface area contributed by atoms with Crippen LogP contribution in [-0.2, 0) is 14.4 Å². The first-order valence-corrected chi connectivity index (χ1v) is 7.93. The van der Waals surface area contributed by atoms with Gasteiger partial charge in [-0.15, -0.1) is 0 Å². The molecule has 1 aliphatic heterocycles. The first kappa shape index (κ1) is 15.1. The second kappa shape index (κ2) is 4.32. The molecule has 1 heterocycles. The van der Waals surface area contributed by atoms with Gasteiger partial charge in [0, 0.05) is 11.8 Å². The van der Waals surface area contributed by atoms with Crippen molar-refractivity contribution in [3.63, 3.8) is 0 Å². The molecule has 2 amide bonds. The maximum atomic E-state index is 12.9. The van der Waals surface area contributed by atoms with E-state index >= 15 is 0 Å². The van der Waals surface area contributed by atoms with Crippen LogP contribution in [0.4, 0.5) is 5.69 Å². The van der Waals surface area contributed by atoms with Gasteiger partial charge in [-0.05, 0) is 36.1 Å². The number of amides is 2. The Morgan fingerprint density at radius 2 is 1.67 bits per heavy atom. The summed E-state index contributed by atoms with van der Waals surface area (Å²) in [5.74, 6) is -2.68. The average molecular weight is 327 g/mol. The van der Waals surface area contributed by atoms with Crippen LogP contribution in [0.15, 0.2) is 24.3 Å². The smallest absolute Gasteiger partial charge is 0.335 e. The molecule has 124 valence electrons. The molecule has 0 radical (unpaired) electrons. The van der Waals surface area contributed by atoms with Crippen LogP contribution in [0.25, 0.3) is 0 Å². The summed E-state index contributed by atoms with van der Waals surface area (Å²) in [6.07, 6.45) is 0.924. The molecule has 3 fully saturated rings. The van der Waals surface area contributed by atoms with E-state index < -0.39 is 28.6 Å². The first-order valence-electron chi connectivity index (χ1n) is 7.93. The number of anilines is 1. The molecular formula is C18H17NO5. The predicted octanol–water partition coefficient (Wildman–Crippen LogP) is 1.88. The van der Waals surface area contributed by atoms with Crippen LogP contribution in [0.2, 0.25) is 0 Å². The van der Waals surface area contributed by atoms with Gasteiger partial charge in [-0.3, -0.25) is 19.3 Å². The van der Waals surface area contributed by atoms with Crippen LogP contribution in [0.5, 0.6) is 0 Å². The minimum atomic E-state index is -1.07. The third-order valence-corrected chi connectivity index (χ3v) is 6.09. The Kier molecular flexibility index (Phi) is 2.71. The molecule has 1 aromatic rings. The molecule has 3 aliphatic rings. The number of fused-ring (bicyclic) bond motifs is 5. The molecular weight excluding hydrogens is 310 g/mol. The number of carboxylic acid groups (broad SMARTS) is 1. The van der Waals surface area contributed by atoms with E-state index in [0.29, 0.717) is 18.5 Å². The fourth-order valence-electron chi connectivity index (χ4n) is 5.09. The van der Waals surface area contributed by atoms with Crippen LogP contribution in [0.1, 0.15) is 37.0 Å². The number of nitrogens with zero attached hydrogens (tertiary/aromatic N) is 1. The minimum absolute atomic E-state index is 0.0653. The highest BCUT2D eigenvalue weighted by molar-refractivity contribution is 6.24. The second-order valence-electron chi connectivity index (χ2n) is 7.67. The number of imide groups is 1. The highest BCUT2D eigenvalue weighted by atomic mass is 16.4. The Morgan fingerprint density at radius 1 is 1.08 bits per heavy atom. The number of carbonyl (C=O) groups is 4. The lowest BCUT2D eigenvalue weighted by atomic mass is 9.68. The van der Waals surface area contributed by atoms with Crippen LogP contribution in [0.3, 0.4) is 0 Å². The number of rotatable bonds is 2. The first-order chi connectivity index (χ1) is 11.2. The number of aromatic carboxylic acids is 1. The van der Waals surface area contributed by atoms with Gasteiger partial charge in [-0.25, -0.2) is 4.79 Å². The third kappa shape index (κ3) is 1.60. The lowest BCUT2D eigenvalue weighted by molar-refractivity contribution is -0.138. The van der Waals surface area contributed by atoms with E-state index in [4.69, 9.17) is 5.11 Å². The number of Topliss-reactive ketones (excluding diaryl/α,β-unsaturated/α-hetero) is 1. The van der Waals surface area contributed by atoms with Crippen LogP contribution in [0, 0.1) is 22.7 Å². The zero-order valence-corrected chi connectivity index (χ0v) is 13.4. The zero-order valence-electron chi connectivity index (χ0n) is 13.4. The van der Waals surface area contributed by atoms with Gasteiger partial charge >= 0.3 is 5.97 Å². The Morgan fingerprint density at radius 3 is 2.25 bits per heavy atom. The molecule has 6 heteroatoms. The molecule has 6 nitrogen and oxygen atoms in total. The van der Waals surface area contributed by atoms with Gasteiger partial charge in [-0.2, -0.15) is 0 Å². The lowest BCUT2D eigenvalue weighted by Crippen LogP contribution is -2.40.